The van der Waals surface area contributed by atoms with Crippen LogP contribution in [0.25, 0.3) is 0 Å². The molecule has 0 aliphatic heterocycles. The lowest BCUT2D eigenvalue weighted by molar-refractivity contribution is 0.196. The molecule has 0 aromatic rings. The number of rotatable bonds is 5. The molecule has 2 nitrogen and oxygen atoms in total. The monoisotopic (exact) mass is 182 g/mol. The number of hydrogen-bond acceptors (Lipinski definition) is 2. The molecule has 0 aromatic carbocycles. The Balaban J connectivity index is 3.52. The second-order valence-electron chi connectivity index (χ2n) is 2.80. The average molecular weight is 182 g/mol. The first-order valence-corrected chi connectivity index (χ1v) is 5.87. The summed E-state index contributed by atoms with van der Waals surface area (Å²) in [7, 11) is -3.76. The van der Waals surface area contributed by atoms with Gasteiger partial charge in [-0.1, -0.05) is 19.8 Å². The fourth-order valence-electron chi connectivity index (χ4n) is 0.866. The SMILES string of the molecule is CCCCC(C)OP(C)(=O)F. The van der Waals surface area contributed by atoms with Crippen LogP contribution in [0.1, 0.15) is 33.1 Å². The van der Waals surface area contributed by atoms with Crippen molar-refractivity contribution in [3.63, 3.8) is 0 Å². The summed E-state index contributed by atoms with van der Waals surface area (Å²) in [5, 5.41) is 0. The standard InChI is InChI=1S/C7H16FO2P/c1-4-5-6-7(2)10-11(3,8)9/h7H,4-6H2,1-3H3. The summed E-state index contributed by atoms with van der Waals surface area (Å²) in [5.41, 5.74) is 0. The topological polar surface area (TPSA) is 26.3 Å². The van der Waals surface area contributed by atoms with Gasteiger partial charge < -0.3 is 4.52 Å². The highest BCUT2D eigenvalue weighted by molar-refractivity contribution is 7.52. The highest BCUT2D eigenvalue weighted by Crippen LogP contribution is 2.45. The smallest absolute Gasteiger partial charge is 0.303 e. The molecule has 0 spiro atoms. The van der Waals surface area contributed by atoms with Crippen molar-refractivity contribution in [3.05, 3.63) is 0 Å². The maximum absolute atomic E-state index is 12.4. The Morgan fingerprint density at radius 2 is 2.18 bits per heavy atom. The van der Waals surface area contributed by atoms with Crippen LogP contribution in [-0.4, -0.2) is 12.8 Å². The van der Waals surface area contributed by atoms with Crippen molar-refractivity contribution in [3.8, 4) is 0 Å². The molecule has 11 heavy (non-hydrogen) atoms. The van der Waals surface area contributed by atoms with Crippen LogP contribution in [0.4, 0.5) is 4.20 Å². The van der Waals surface area contributed by atoms with Crippen LogP contribution >= 0.6 is 7.68 Å². The zero-order chi connectivity index (χ0) is 8.91. The molecule has 0 amide bonds. The molecule has 0 aliphatic carbocycles. The summed E-state index contributed by atoms with van der Waals surface area (Å²) in [6.45, 7) is 4.79. The first-order valence-electron chi connectivity index (χ1n) is 3.91. The quantitative estimate of drug-likeness (QED) is 0.609. The Morgan fingerprint density at radius 3 is 2.55 bits per heavy atom. The van der Waals surface area contributed by atoms with Crippen molar-refractivity contribution < 1.29 is 13.3 Å². The summed E-state index contributed by atoms with van der Waals surface area (Å²) < 4.78 is 27.5. The zero-order valence-corrected chi connectivity index (χ0v) is 8.23. The molecule has 0 bridgehead atoms. The molecule has 0 N–H and O–H groups in total. The number of halogens is 1. The largest absolute Gasteiger partial charge is 0.364 e. The lowest BCUT2D eigenvalue weighted by Crippen LogP contribution is -2.03. The third kappa shape index (κ3) is 8.02. The fraction of sp³-hybridized carbons (Fsp3) is 1.00. The van der Waals surface area contributed by atoms with E-state index < -0.39 is 7.68 Å². The van der Waals surface area contributed by atoms with Crippen LogP contribution in [0.2, 0.25) is 0 Å². The molecular weight excluding hydrogens is 166 g/mol. The van der Waals surface area contributed by atoms with Gasteiger partial charge in [0.25, 0.3) is 0 Å². The van der Waals surface area contributed by atoms with E-state index in [1.54, 1.807) is 6.92 Å². The third-order valence-electron chi connectivity index (χ3n) is 1.33. The van der Waals surface area contributed by atoms with Gasteiger partial charge in [-0.2, -0.15) is 4.20 Å². The normalized spacial score (nSPS) is 19.3. The van der Waals surface area contributed by atoms with Crippen LogP contribution < -0.4 is 0 Å². The van der Waals surface area contributed by atoms with Crippen LogP contribution in [0, 0.1) is 0 Å². The van der Waals surface area contributed by atoms with Crippen molar-refractivity contribution in [2.45, 2.75) is 39.2 Å². The molecular formula is C7H16FO2P. The van der Waals surface area contributed by atoms with E-state index in [1.807, 2.05) is 6.92 Å². The van der Waals surface area contributed by atoms with Gasteiger partial charge in [0.1, 0.15) is 0 Å². The van der Waals surface area contributed by atoms with E-state index in [0.29, 0.717) is 0 Å². The lowest BCUT2D eigenvalue weighted by atomic mass is 10.2. The van der Waals surface area contributed by atoms with E-state index in [4.69, 9.17) is 0 Å². The predicted molar refractivity (Wildman–Crippen MR) is 44.7 cm³/mol. The maximum Gasteiger partial charge on any atom is 0.364 e. The Morgan fingerprint density at radius 1 is 1.64 bits per heavy atom. The van der Waals surface area contributed by atoms with Gasteiger partial charge in [-0.25, -0.2) is 0 Å². The van der Waals surface area contributed by atoms with Gasteiger partial charge >= 0.3 is 7.68 Å². The molecule has 0 saturated heterocycles. The molecule has 4 heteroatoms. The molecule has 0 radical (unpaired) electrons. The predicted octanol–water partition coefficient (Wildman–Crippen LogP) is 3.37. The Labute approximate surface area is 67.7 Å². The van der Waals surface area contributed by atoms with Gasteiger partial charge in [0, 0.05) is 6.66 Å². The van der Waals surface area contributed by atoms with Gasteiger partial charge in [0.15, 0.2) is 0 Å². The fourth-order valence-corrected chi connectivity index (χ4v) is 1.61. The second kappa shape index (κ2) is 4.89. The minimum Gasteiger partial charge on any atom is -0.303 e. The van der Waals surface area contributed by atoms with E-state index in [9.17, 15) is 8.76 Å². The van der Waals surface area contributed by atoms with Crippen LogP contribution in [-0.2, 0) is 9.09 Å². The molecule has 0 aliphatic rings. The van der Waals surface area contributed by atoms with E-state index in [1.165, 1.54) is 0 Å². The molecule has 2 unspecified atom stereocenters. The van der Waals surface area contributed by atoms with Crippen molar-refractivity contribution in [1.82, 2.24) is 0 Å². The van der Waals surface area contributed by atoms with Gasteiger partial charge in [0.2, 0.25) is 0 Å². The number of unbranched alkanes of at least 4 members (excludes halogenated alkanes) is 1. The van der Waals surface area contributed by atoms with Crippen molar-refractivity contribution >= 4 is 7.68 Å². The molecule has 0 rings (SSSR count). The molecule has 0 aromatic heterocycles. The second-order valence-corrected chi connectivity index (χ2v) is 4.51. The van der Waals surface area contributed by atoms with E-state index in [0.717, 1.165) is 25.9 Å². The Bertz CT molecular complexity index is 143. The highest BCUT2D eigenvalue weighted by atomic mass is 31.2. The van der Waals surface area contributed by atoms with Gasteiger partial charge in [-0.05, 0) is 13.3 Å². The summed E-state index contributed by atoms with van der Waals surface area (Å²) in [6.07, 6.45) is 2.59. The lowest BCUT2D eigenvalue weighted by Gasteiger charge is -2.12. The maximum atomic E-state index is 12.4. The first-order chi connectivity index (χ1) is 4.95. The molecule has 0 saturated carbocycles. The van der Waals surface area contributed by atoms with Crippen LogP contribution in [0.15, 0.2) is 0 Å². The highest BCUT2D eigenvalue weighted by Gasteiger charge is 2.16. The summed E-state index contributed by atoms with van der Waals surface area (Å²) in [4.78, 5) is 0. The molecule has 68 valence electrons. The third-order valence-corrected chi connectivity index (χ3v) is 2.07. The van der Waals surface area contributed by atoms with Gasteiger partial charge in [-0.15, -0.1) is 0 Å². The van der Waals surface area contributed by atoms with E-state index >= 15 is 0 Å². The minimum absolute atomic E-state index is 0.226. The summed E-state index contributed by atoms with van der Waals surface area (Å²) >= 11 is 0. The van der Waals surface area contributed by atoms with Crippen LogP contribution in [0.5, 0.6) is 0 Å². The van der Waals surface area contributed by atoms with Gasteiger partial charge in [-0.3, -0.25) is 4.57 Å². The Kier molecular flexibility index (Phi) is 4.94. The van der Waals surface area contributed by atoms with Crippen molar-refractivity contribution in [2.24, 2.45) is 0 Å². The van der Waals surface area contributed by atoms with E-state index in [2.05, 4.69) is 4.52 Å². The van der Waals surface area contributed by atoms with Crippen molar-refractivity contribution in [1.29, 1.82) is 0 Å². The first kappa shape index (κ1) is 11.1. The molecule has 2 atom stereocenters. The zero-order valence-electron chi connectivity index (χ0n) is 7.34. The molecule has 0 heterocycles. The summed E-state index contributed by atoms with van der Waals surface area (Å²) in [5.74, 6) is 0. The summed E-state index contributed by atoms with van der Waals surface area (Å²) in [6, 6.07) is 0. The van der Waals surface area contributed by atoms with Crippen molar-refractivity contribution in [2.75, 3.05) is 6.66 Å². The average Bonchev–Trinajstić information content (AvgIpc) is 1.79. The number of hydrogen-bond donors (Lipinski definition) is 0. The van der Waals surface area contributed by atoms with Crippen LogP contribution in [0.3, 0.4) is 0 Å². The van der Waals surface area contributed by atoms with Gasteiger partial charge in [0.05, 0.1) is 6.10 Å². The minimum atomic E-state index is -3.76. The van der Waals surface area contributed by atoms with E-state index in [-0.39, 0.29) is 6.10 Å². The molecule has 0 fully saturated rings. The Hall–Kier alpha value is 0.120.